The zero-order chi connectivity index (χ0) is 13.3. The van der Waals surface area contributed by atoms with Gasteiger partial charge < -0.3 is 19.3 Å². The van der Waals surface area contributed by atoms with Gasteiger partial charge in [0.15, 0.2) is 0 Å². The molecule has 2 rings (SSSR count). The van der Waals surface area contributed by atoms with Crippen LogP contribution in [0.15, 0.2) is 0 Å². The Kier molecular flexibility index (Phi) is 7.00. The fourth-order valence-corrected chi connectivity index (χ4v) is 2.20. The van der Waals surface area contributed by atoms with Crippen molar-refractivity contribution in [2.24, 2.45) is 0 Å². The van der Waals surface area contributed by atoms with Gasteiger partial charge in [0, 0.05) is 39.3 Å². The molecule has 0 amide bonds. The van der Waals surface area contributed by atoms with Crippen LogP contribution in [0.3, 0.4) is 0 Å². The van der Waals surface area contributed by atoms with E-state index in [2.05, 4.69) is 9.80 Å². The van der Waals surface area contributed by atoms with Crippen LogP contribution in [0.5, 0.6) is 0 Å². The predicted molar refractivity (Wildman–Crippen MR) is 69.1 cm³/mol. The van der Waals surface area contributed by atoms with E-state index in [1.807, 2.05) is 4.90 Å². The third-order valence-corrected chi connectivity index (χ3v) is 3.42. The Hall–Kier alpha value is -0.280. The summed E-state index contributed by atoms with van der Waals surface area (Å²) in [5, 5.41) is 9.38. The molecule has 0 atom stereocenters. The van der Waals surface area contributed by atoms with Crippen LogP contribution in [0, 0.1) is 0 Å². The molecule has 0 aromatic carbocycles. The zero-order valence-electron chi connectivity index (χ0n) is 11.5. The molecule has 7 heteroatoms. The van der Waals surface area contributed by atoms with Gasteiger partial charge in [-0.3, -0.25) is 14.7 Å². The van der Waals surface area contributed by atoms with Crippen LogP contribution in [-0.2, 0) is 14.2 Å². The molecule has 19 heavy (non-hydrogen) atoms. The molecule has 0 aromatic heterocycles. The highest BCUT2D eigenvalue weighted by Gasteiger charge is 2.14. The van der Waals surface area contributed by atoms with Gasteiger partial charge in [0.05, 0.1) is 13.5 Å². The summed E-state index contributed by atoms with van der Waals surface area (Å²) in [6, 6.07) is 0. The van der Waals surface area contributed by atoms with Crippen molar-refractivity contribution in [1.29, 1.82) is 0 Å². The first-order chi connectivity index (χ1) is 9.38. The van der Waals surface area contributed by atoms with E-state index in [1.165, 1.54) is 0 Å². The van der Waals surface area contributed by atoms with E-state index in [-0.39, 0.29) is 6.73 Å². The molecule has 0 radical (unpaired) electrons. The summed E-state index contributed by atoms with van der Waals surface area (Å²) in [7, 11) is 0. The van der Waals surface area contributed by atoms with Crippen molar-refractivity contribution in [3.63, 3.8) is 0 Å². The van der Waals surface area contributed by atoms with E-state index < -0.39 is 0 Å². The molecule has 1 N–H and O–H groups in total. The van der Waals surface area contributed by atoms with Crippen LogP contribution in [0.4, 0.5) is 0 Å². The highest BCUT2D eigenvalue weighted by atomic mass is 16.7. The summed E-state index contributed by atoms with van der Waals surface area (Å²) >= 11 is 0. The van der Waals surface area contributed by atoms with Crippen molar-refractivity contribution >= 4 is 0 Å². The molecule has 0 spiro atoms. The van der Waals surface area contributed by atoms with Gasteiger partial charge in [-0.25, -0.2) is 0 Å². The second-order valence-corrected chi connectivity index (χ2v) is 4.95. The van der Waals surface area contributed by atoms with Gasteiger partial charge in [-0.1, -0.05) is 0 Å². The molecule has 7 nitrogen and oxygen atoms in total. The number of aliphatic hydroxyl groups is 1. The van der Waals surface area contributed by atoms with E-state index in [0.29, 0.717) is 27.0 Å². The Morgan fingerprint density at radius 1 is 0.947 bits per heavy atom. The Morgan fingerprint density at radius 2 is 1.63 bits per heavy atom. The third kappa shape index (κ3) is 5.70. The topological polar surface area (TPSA) is 57.6 Å². The van der Waals surface area contributed by atoms with Crippen molar-refractivity contribution in [3.05, 3.63) is 0 Å². The van der Waals surface area contributed by atoms with Crippen LogP contribution in [0.25, 0.3) is 0 Å². The summed E-state index contributed by atoms with van der Waals surface area (Å²) in [6.07, 6.45) is 1.10. The molecule has 0 unspecified atom stereocenters. The molecular weight excluding hydrogens is 250 g/mol. The average molecular weight is 275 g/mol. The molecule has 2 aliphatic heterocycles. The van der Waals surface area contributed by atoms with Gasteiger partial charge in [-0.05, 0) is 6.42 Å². The molecule has 2 saturated heterocycles. The average Bonchev–Trinajstić information content (AvgIpc) is 2.49. The number of ether oxygens (including phenoxy) is 3. The largest absolute Gasteiger partial charge is 0.381 e. The van der Waals surface area contributed by atoms with Gasteiger partial charge in [0.2, 0.25) is 0 Å². The number of aliphatic hydroxyl groups excluding tert-OH is 1. The summed E-state index contributed by atoms with van der Waals surface area (Å²) in [5.74, 6) is 0. The predicted octanol–water partition coefficient (Wildman–Crippen LogP) is -0.861. The van der Waals surface area contributed by atoms with E-state index in [0.717, 1.165) is 45.8 Å². The SMILES string of the molecule is OCN(CCN1CCCOC1)CCN1COCOC1. The third-order valence-electron chi connectivity index (χ3n) is 3.42. The van der Waals surface area contributed by atoms with Crippen molar-refractivity contribution < 1.29 is 19.3 Å². The van der Waals surface area contributed by atoms with Gasteiger partial charge in [0.1, 0.15) is 20.3 Å². The molecule has 112 valence electrons. The van der Waals surface area contributed by atoms with E-state index in [9.17, 15) is 5.11 Å². The molecule has 0 aromatic rings. The minimum Gasteiger partial charge on any atom is -0.381 e. The standard InChI is InChI=1S/C12H25N3O4/c16-8-13(3-5-14-2-1-7-17-9-14)4-6-15-10-18-12-19-11-15/h16H,1-12H2. The van der Waals surface area contributed by atoms with Crippen LogP contribution in [-0.4, -0.2) is 92.9 Å². The first-order valence-corrected chi connectivity index (χ1v) is 6.89. The lowest BCUT2D eigenvalue weighted by Gasteiger charge is -2.31. The lowest BCUT2D eigenvalue weighted by atomic mass is 10.3. The number of nitrogens with zero attached hydrogens (tertiary/aromatic N) is 3. The van der Waals surface area contributed by atoms with Crippen LogP contribution in [0.1, 0.15) is 6.42 Å². The molecule has 0 saturated carbocycles. The minimum atomic E-state index is 0.0876. The summed E-state index contributed by atoms with van der Waals surface area (Å²) < 4.78 is 15.8. The van der Waals surface area contributed by atoms with Crippen molar-refractivity contribution in [2.45, 2.75) is 6.42 Å². The van der Waals surface area contributed by atoms with Gasteiger partial charge in [-0.2, -0.15) is 0 Å². The van der Waals surface area contributed by atoms with Gasteiger partial charge in [-0.15, -0.1) is 0 Å². The first-order valence-electron chi connectivity index (χ1n) is 6.89. The maximum Gasteiger partial charge on any atom is 0.150 e. The maximum absolute atomic E-state index is 9.38. The van der Waals surface area contributed by atoms with Crippen molar-refractivity contribution in [1.82, 2.24) is 14.7 Å². The fraction of sp³-hybridized carbons (Fsp3) is 1.00. The number of hydrogen-bond acceptors (Lipinski definition) is 7. The summed E-state index contributed by atoms with van der Waals surface area (Å²) in [4.78, 5) is 6.39. The molecule has 0 aliphatic carbocycles. The van der Waals surface area contributed by atoms with Crippen LogP contribution >= 0.6 is 0 Å². The molecular formula is C12H25N3O4. The fourth-order valence-electron chi connectivity index (χ4n) is 2.20. The molecule has 0 bridgehead atoms. The second-order valence-electron chi connectivity index (χ2n) is 4.95. The van der Waals surface area contributed by atoms with E-state index in [4.69, 9.17) is 14.2 Å². The van der Waals surface area contributed by atoms with Gasteiger partial charge in [0.25, 0.3) is 0 Å². The quantitative estimate of drug-likeness (QED) is 0.607. The lowest BCUT2D eigenvalue weighted by molar-refractivity contribution is -0.184. The van der Waals surface area contributed by atoms with Crippen molar-refractivity contribution in [2.75, 3.05) is 73.0 Å². The maximum atomic E-state index is 9.38. The number of rotatable bonds is 7. The summed E-state index contributed by atoms with van der Waals surface area (Å²) in [6.45, 7) is 7.82. The Balaban J connectivity index is 1.59. The Bertz CT molecular complexity index is 211. The minimum absolute atomic E-state index is 0.0876. The van der Waals surface area contributed by atoms with Crippen LogP contribution in [0.2, 0.25) is 0 Å². The highest BCUT2D eigenvalue weighted by molar-refractivity contribution is 4.63. The molecule has 2 fully saturated rings. The lowest BCUT2D eigenvalue weighted by Crippen LogP contribution is -2.44. The Morgan fingerprint density at radius 3 is 2.26 bits per heavy atom. The second kappa shape index (κ2) is 8.80. The number of hydrogen-bond donors (Lipinski definition) is 1. The monoisotopic (exact) mass is 275 g/mol. The molecule has 2 aliphatic rings. The highest BCUT2D eigenvalue weighted by Crippen LogP contribution is 2.02. The first kappa shape index (κ1) is 15.1. The smallest absolute Gasteiger partial charge is 0.150 e. The zero-order valence-corrected chi connectivity index (χ0v) is 11.5. The van der Waals surface area contributed by atoms with E-state index in [1.54, 1.807) is 0 Å². The summed E-state index contributed by atoms with van der Waals surface area (Å²) in [5.41, 5.74) is 0. The van der Waals surface area contributed by atoms with E-state index >= 15 is 0 Å². The Labute approximate surface area is 114 Å². The van der Waals surface area contributed by atoms with Crippen LogP contribution < -0.4 is 0 Å². The van der Waals surface area contributed by atoms with Gasteiger partial charge >= 0.3 is 0 Å². The molecule has 2 heterocycles. The van der Waals surface area contributed by atoms with Crippen molar-refractivity contribution in [3.8, 4) is 0 Å². The normalized spacial score (nSPS) is 23.1.